The Morgan fingerprint density at radius 2 is 1.63 bits per heavy atom. The SMILES string of the molecule is C=CCNC(=O)C(=O)C(CCC)NC(=O)[C@@H]1C[C@@H](C(C)C)CN1C(=O)[C@@H](NC(=O)[C@@H](NC(=O)c1cccc(C(C)C)n1)C1CCCCC1)C(C)(C)C. The van der Waals surface area contributed by atoms with Gasteiger partial charge in [-0.3, -0.25) is 28.8 Å². The van der Waals surface area contributed by atoms with Crippen molar-refractivity contribution in [2.45, 2.75) is 137 Å². The molecule has 1 aromatic heterocycles. The van der Waals surface area contributed by atoms with Gasteiger partial charge in [-0.15, -0.1) is 6.58 Å². The van der Waals surface area contributed by atoms with E-state index in [0.717, 1.165) is 37.8 Å². The van der Waals surface area contributed by atoms with Crippen LogP contribution in [0, 0.1) is 23.2 Å². The van der Waals surface area contributed by atoms with Crippen molar-refractivity contribution in [3.05, 3.63) is 42.2 Å². The summed E-state index contributed by atoms with van der Waals surface area (Å²) in [5.74, 6) is -3.23. The van der Waals surface area contributed by atoms with E-state index in [1.165, 1.54) is 11.0 Å². The van der Waals surface area contributed by atoms with E-state index in [-0.39, 0.29) is 42.3 Å². The van der Waals surface area contributed by atoms with E-state index >= 15 is 0 Å². The second kappa shape index (κ2) is 19.1. The van der Waals surface area contributed by atoms with Crippen LogP contribution in [0.1, 0.15) is 129 Å². The number of likely N-dealkylation sites (tertiary alicyclic amines) is 1. The predicted octanol–water partition coefficient (Wildman–Crippen LogP) is 4.44. The quantitative estimate of drug-likeness (QED) is 0.145. The van der Waals surface area contributed by atoms with Crippen LogP contribution in [-0.2, 0) is 24.0 Å². The van der Waals surface area contributed by atoms with E-state index in [1.54, 1.807) is 12.1 Å². The summed E-state index contributed by atoms with van der Waals surface area (Å²) in [6.45, 7) is 19.5. The maximum atomic E-state index is 14.6. The molecule has 2 fully saturated rings. The number of carbonyl (C=O) groups excluding carboxylic acids is 6. The Hall–Kier alpha value is -4.09. The van der Waals surface area contributed by atoms with Crippen molar-refractivity contribution in [3.8, 4) is 0 Å². The summed E-state index contributed by atoms with van der Waals surface area (Å²) in [4.78, 5) is 88.0. The molecule has 1 aliphatic carbocycles. The second-order valence-corrected chi connectivity index (χ2v) is 16.2. The molecule has 1 saturated heterocycles. The lowest BCUT2D eigenvalue weighted by Gasteiger charge is -2.37. The summed E-state index contributed by atoms with van der Waals surface area (Å²) in [5, 5.41) is 11.3. The van der Waals surface area contributed by atoms with E-state index in [0.29, 0.717) is 19.4 Å². The Balaban J connectivity index is 1.90. The summed E-state index contributed by atoms with van der Waals surface area (Å²) in [6, 6.07) is 1.42. The normalized spacial score (nSPS) is 19.8. The van der Waals surface area contributed by atoms with Crippen molar-refractivity contribution in [1.29, 1.82) is 0 Å². The lowest BCUT2D eigenvalue weighted by atomic mass is 9.82. The van der Waals surface area contributed by atoms with Gasteiger partial charge >= 0.3 is 0 Å². The zero-order valence-electron chi connectivity index (χ0n) is 32.6. The Kier molecular flexibility index (Phi) is 15.6. The number of ketones is 1. The first kappa shape index (κ1) is 42.3. The summed E-state index contributed by atoms with van der Waals surface area (Å²) in [6.07, 6.45) is 7.09. The lowest BCUT2D eigenvalue weighted by molar-refractivity contribution is -0.145. The van der Waals surface area contributed by atoms with Crippen LogP contribution in [0.15, 0.2) is 30.9 Å². The van der Waals surface area contributed by atoms with Crippen LogP contribution < -0.4 is 21.3 Å². The van der Waals surface area contributed by atoms with Crippen LogP contribution in [0.4, 0.5) is 0 Å². The van der Waals surface area contributed by atoms with Gasteiger partial charge in [-0.05, 0) is 66.9 Å². The Morgan fingerprint density at radius 1 is 0.962 bits per heavy atom. The molecule has 0 spiro atoms. The number of hydrogen-bond donors (Lipinski definition) is 4. The van der Waals surface area contributed by atoms with Crippen molar-refractivity contribution < 1.29 is 28.8 Å². The van der Waals surface area contributed by atoms with Gasteiger partial charge in [0.1, 0.15) is 23.8 Å². The van der Waals surface area contributed by atoms with E-state index in [4.69, 9.17) is 0 Å². The van der Waals surface area contributed by atoms with Gasteiger partial charge in [0.05, 0.1) is 6.04 Å². The molecular weight excluding hydrogens is 660 g/mol. The minimum Gasteiger partial charge on any atom is -0.346 e. The zero-order chi connectivity index (χ0) is 38.7. The molecule has 12 heteroatoms. The number of carbonyl (C=O) groups is 6. The average molecular weight is 723 g/mol. The maximum Gasteiger partial charge on any atom is 0.289 e. The van der Waals surface area contributed by atoms with Gasteiger partial charge in [0.25, 0.3) is 11.8 Å². The molecule has 0 bridgehead atoms. The molecule has 4 N–H and O–H groups in total. The third-order valence-electron chi connectivity index (χ3n) is 10.4. The highest BCUT2D eigenvalue weighted by atomic mass is 16.2. The average Bonchev–Trinajstić information content (AvgIpc) is 3.57. The van der Waals surface area contributed by atoms with Crippen LogP contribution in [0.5, 0.6) is 0 Å². The fourth-order valence-corrected chi connectivity index (χ4v) is 7.11. The van der Waals surface area contributed by atoms with Crippen LogP contribution in [0.25, 0.3) is 0 Å². The standard InChI is InChI=1S/C40H62N6O6/c1-10-16-29(33(47)38(51)41-21-11-2)43-36(49)31-22-27(24(3)4)23-46(31)39(52)34(40(7,8)9)45-37(50)32(26-17-13-12-14-18-26)44-35(48)30-20-15-19-28(42-30)25(5)6/h11,15,19-20,24-27,29,31-32,34H,2,10,12-14,16-18,21-23H2,1,3-9H3,(H,41,51)(H,43,49)(H,44,48)(H,45,50)/t27-,29?,31+,32+,34-/m1/s1. The molecule has 1 aromatic rings. The van der Waals surface area contributed by atoms with E-state index < -0.39 is 64.9 Å². The third-order valence-corrected chi connectivity index (χ3v) is 10.4. The first-order valence-corrected chi connectivity index (χ1v) is 19.1. The third kappa shape index (κ3) is 11.2. The molecule has 1 saturated carbocycles. The highest BCUT2D eigenvalue weighted by molar-refractivity contribution is 6.38. The molecule has 5 amide bonds. The second-order valence-electron chi connectivity index (χ2n) is 16.2. The maximum absolute atomic E-state index is 14.6. The van der Waals surface area contributed by atoms with Gasteiger partial charge in [-0.25, -0.2) is 4.98 Å². The first-order chi connectivity index (χ1) is 24.5. The van der Waals surface area contributed by atoms with Gasteiger partial charge in [0, 0.05) is 18.8 Å². The molecule has 0 radical (unpaired) electrons. The molecule has 1 unspecified atom stereocenters. The van der Waals surface area contributed by atoms with Crippen LogP contribution in [0.2, 0.25) is 0 Å². The van der Waals surface area contributed by atoms with Gasteiger partial charge in [-0.2, -0.15) is 0 Å². The molecule has 2 aliphatic rings. The van der Waals surface area contributed by atoms with Crippen molar-refractivity contribution >= 4 is 35.3 Å². The van der Waals surface area contributed by atoms with Crippen molar-refractivity contribution in [2.75, 3.05) is 13.1 Å². The highest BCUT2D eigenvalue weighted by Crippen LogP contribution is 2.33. The largest absolute Gasteiger partial charge is 0.346 e. The molecule has 288 valence electrons. The fourth-order valence-electron chi connectivity index (χ4n) is 7.11. The molecule has 0 aromatic carbocycles. The summed E-state index contributed by atoms with van der Waals surface area (Å²) in [7, 11) is 0. The van der Waals surface area contributed by atoms with Crippen molar-refractivity contribution in [2.24, 2.45) is 23.2 Å². The van der Waals surface area contributed by atoms with Crippen molar-refractivity contribution in [3.63, 3.8) is 0 Å². The number of hydrogen-bond acceptors (Lipinski definition) is 7. The van der Waals surface area contributed by atoms with Crippen LogP contribution in [-0.4, -0.2) is 82.5 Å². The van der Waals surface area contributed by atoms with Gasteiger partial charge in [0.15, 0.2) is 0 Å². The molecule has 2 heterocycles. The smallest absolute Gasteiger partial charge is 0.289 e. The number of rotatable bonds is 16. The molecule has 3 rings (SSSR count). The monoisotopic (exact) mass is 722 g/mol. The Morgan fingerprint density at radius 3 is 2.21 bits per heavy atom. The lowest BCUT2D eigenvalue weighted by Crippen LogP contribution is -2.62. The van der Waals surface area contributed by atoms with Crippen LogP contribution in [0.3, 0.4) is 0 Å². The number of aromatic nitrogens is 1. The number of nitrogens with zero attached hydrogens (tertiary/aromatic N) is 2. The van der Waals surface area contributed by atoms with Gasteiger partial charge < -0.3 is 26.2 Å². The Bertz CT molecular complexity index is 1450. The predicted molar refractivity (Wildman–Crippen MR) is 201 cm³/mol. The number of pyridine rings is 1. The first-order valence-electron chi connectivity index (χ1n) is 19.1. The van der Waals surface area contributed by atoms with Gasteiger partial charge in [0.2, 0.25) is 23.5 Å². The van der Waals surface area contributed by atoms with E-state index in [9.17, 15) is 28.8 Å². The topological polar surface area (TPSA) is 167 Å². The number of amides is 5. The number of nitrogens with one attached hydrogen (secondary N) is 4. The minimum absolute atomic E-state index is 0.00406. The highest BCUT2D eigenvalue weighted by Gasteiger charge is 2.47. The zero-order valence-corrected chi connectivity index (χ0v) is 32.6. The molecule has 52 heavy (non-hydrogen) atoms. The van der Waals surface area contributed by atoms with Crippen molar-refractivity contribution in [1.82, 2.24) is 31.2 Å². The summed E-state index contributed by atoms with van der Waals surface area (Å²) < 4.78 is 0. The molecule has 12 nitrogen and oxygen atoms in total. The van der Waals surface area contributed by atoms with E-state index in [2.05, 4.69) is 32.8 Å². The molecular formula is C40H62N6O6. The van der Waals surface area contributed by atoms with Gasteiger partial charge in [-0.1, -0.05) is 93.2 Å². The van der Waals surface area contributed by atoms with E-state index in [1.807, 2.05) is 61.5 Å². The minimum atomic E-state index is -1.05. The Labute approximate surface area is 310 Å². The molecule has 5 atom stereocenters. The fraction of sp³-hybridized carbons (Fsp3) is 0.675. The summed E-state index contributed by atoms with van der Waals surface area (Å²) >= 11 is 0. The number of Topliss-reactive ketones (excluding diaryl/α,β-unsaturated/α-hetero) is 1. The van der Waals surface area contributed by atoms with Crippen LogP contribution >= 0.6 is 0 Å². The molecule has 1 aliphatic heterocycles. The summed E-state index contributed by atoms with van der Waals surface area (Å²) in [5.41, 5.74) is 0.240.